The Labute approximate surface area is 129 Å². The molecule has 120 valence electrons. The molecule has 1 aromatic carbocycles. The average Bonchev–Trinajstić information content (AvgIpc) is 2.96. The summed E-state index contributed by atoms with van der Waals surface area (Å²) in [6.07, 6.45) is 0.540. The lowest BCUT2D eigenvalue weighted by Crippen LogP contribution is -2.11. The Morgan fingerprint density at radius 1 is 1.45 bits per heavy atom. The van der Waals surface area contributed by atoms with Crippen LogP contribution < -0.4 is 10.1 Å². The number of rotatable bonds is 7. The molecule has 1 aliphatic heterocycles. The summed E-state index contributed by atoms with van der Waals surface area (Å²) in [6.45, 7) is 4.74. The SMILES string of the molecule is CCOC(=O)C1=C(Nc2ccc(OCCO)cc2C)OCC1. The molecule has 1 aliphatic rings. The fraction of sp³-hybridized carbons (Fsp3) is 0.438. The maximum Gasteiger partial charge on any atom is 0.339 e. The van der Waals surface area contributed by atoms with Gasteiger partial charge in [-0.25, -0.2) is 4.79 Å². The van der Waals surface area contributed by atoms with Crippen molar-refractivity contribution >= 4 is 11.7 Å². The Morgan fingerprint density at radius 2 is 2.27 bits per heavy atom. The molecule has 0 spiro atoms. The number of carbonyl (C=O) groups is 1. The number of hydrogen-bond donors (Lipinski definition) is 2. The van der Waals surface area contributed by atoms with Crippen LogP contribution in [0.3, 0.4) is 0 Å². The highest BCUT2D eigenvalue weighted by Gasteiger charge is 2.24. The molecule has 0 atom stereocenters. The zero-order valence-electron chi connectivity index (χ0n) is 12.8. The van der Waals surface area contributed by atoms with Crippen LogP contribution in [0.25, 0.3) is 0 Å². The molecule has 0 aromatic heterocycles. The van der Waals surface area contributed by atoms with Gasteiger partial charge in [-0.15, -0.1) is 0 Å². The number of benzene rings is 1. The van der Waals surface area contributed by atoms with Crippen molar-refractivity contribution in [1.82, 2.24) is 0 Å². The van der Waals surface area contributed by atoms with Crippen molar-refractivity contribution in [3.05, 3.63) is 35.2 Å². The maximum atomic E-state index is 11.9. The van der Waals surface area contributed by atoms with Crippen LogP contribution in [0.15, 0.2) is 29.7 Å². The minimum Gasteiger partial charge on any atom is -0.491 e. The highest BCUT2D eigenvalue weighted by atomic mass is 16.5. The topological polar surface area (TPSA) is 77.0 Å². The fourth-order valence-electron chi connectivity index (χ4n) is 2.13. The number of anilines is 1. The van der Waals surface area contributed by atoms with Crippen molar-refractivity contribution in [2.75, 3.05) is 31.7 Å². The molecule has 0 unspecified atom stereocenters. The number of aliphatic hydroxyl groups excluding tert-OH is 1. The van der Waals surface area contributed by atoms with E-state index in [1.165, 1.54) is 0 Å². The lowest BCUT2D eigenvalue weighted by molar-refractivity contribution is -0.138. The second-order valence-electron chi connectivity index (χ2n) is 4.80. The monoisotopic (exact) mass is 307 g/mol. The number of aryl methyl sites for hydroxylation is 1. The van der Waals surface area contributed by atoms with E-state index in [4.69, 9.17) is 19.3 Å². The van der Waals surface area contributed by atoms with E-state index in [0.29, 0.717) is 36.8 Å². The van der Waals surface area contributed by atoms with Gasteiger partial charge in [0.25, 0.3) is 0 Å². The van der Waals surface area contributed by atoms with Crippen LogP contribution in [0.1, 0.15) is 18.9 Å². The Bertz CT molecular complexity index is 568. The van der Waals surface area contributed by atoms with E-state index in [9.17, 15) is 4.79 Å². The van der Waals surface area contributed by atoms with E-state index in [1.807, 2.05) is 19.1 Å². The summed E-state index contributed by atoms with van der Waals surface area (Å²) in [5, 5.41) is 11.9. The first-order chi connectivity index (χ1) is 10.7. The van der Waals surface area contributed by atoms with Crippen LogP contribution in [0.5, 0.6) is 5.75 Å². The number of hydrogen-bond acceptors (Lipinski definition) is 6. The van der Waals surface area contributed by atoms with Crippen LogP contribution in [-0.4, -0.2) is 37.5 Å². The van der Waals surface area contributed by atoms with Crippen molar-refractivity contribution in [2.24, 2.45) is 0 Å². The van der Waals surface area contributed by atoms with Crippen LogP contribution in [0, 0.1) is 6.92 Å². The summed E-state index contributed by atoms with van der Waals surface area (Å²) in [7, 11) is 0. The molecule has 0 saturated heterocycles. The van der Waals surface area contributed by atoms with Crippen LogP contribution in [0.2, 0.25) is 0 Å². The van der Waals surface area contributed by atoms with E-state index in [0.717, 1.165) is 11.3 Å². The third kappa shape index (κ3) is 3.92. The molecule has 2 rings (SSSR count). The van der Waals surface area contributed by atoms with E-state index >= 15 is 0 Å². The van der Waals surface area contributed by atoms with Crippen molar-refractivity contribution in [2.45, 2.75) is 20.3 Å². The molecular weight excluding hydrogens is 286 g/mol. The lowest BCUT2D eigenvalue weighted by Gasteiger charge is -2.13. The van der Waals surface area contributed by atoms with Gasteiger partial charge < -0.3 is 24.6 Å². The van der Waals surface area contributed by atoms with Gasteiger partial charge in [0.2, 0.25) is 5.88 Å². The summed E-state index contributed by atoms with van der Waals surface area (Å²) in [4.78, 5) is 11.9. The number of nitrogens with one attached hydrogen (secondary N) is 1. The number of ether oxygens (including phenoxy) is 3. The van der Waals surface area contributed by atoms with Crippen LogP contribution >= 0.6 is 0 Å². The fourth-order valence-corrected chi connectivity index (χ4v) is 2.13. The van der Waals surface area contributed by atoms with Gasteiger partial charge in [-0.2, -0.15) is 0 Å². The molecule has 6 heteroatoms. The van der Waals surface area contributed by atoms with Gasteiger partial charge >= 0.3 is 5.97 Å². The number of carbonyl (C=O) groups excluding carboxylic acids is 1. The van der Waals surface area contributed by atoms with Crippen LogP contribution in [-0.2, 0) is 14.3 Å². The van der Waals surface area contributed by atoms with E-state index in [-0.39, 0.29) is 19.2 Å². The quantitative estimate of drug-likeness (QED) is 0.750. The third-order valence-electron chi connectivity index (χ3n) is 3.20. The molecule has 1 heterocycles. The molecule has 0 aliphatic carbocycles. The van der Waals surface area contributed by atoms with E-state index < -0.39 is 0 Å². The summed E-state index contributed by atoms with van der Waals surface area (Å²) in [5.41, 5.74) is 2.30. The number of esters is 1. The largest absolute Gasteiger partial charge is 0.491 e. The second-order valence-corrected chi connectivity index (χ2v) is 4.80. The van der Waals surface area contributed by atoms with Gasteiger partial charge in [0.15, 0.2) is 0 Å². The van der Waals surface area contributed by atoms with Crippen molar-refractivity contribution < 1.29 is 24.1 Å². The first-order valence-corrected chi connectivity index (χ1v) is 7.30. The standard InChI is InChI=1S/C16H21NO5/c1-3-20-16(19)13-6-8-22-15(13)17-14-5-4-12(10-11(14)2)21-9-7-18/h4-5,10,17-18H,3,6-9H2,1-2H3. The van der Waals surface area contributed by atoms with Gasteiger partial charge in [-0.1, -0.05) is 0 Å². The van der Waals surface area contributed by atoms with E-state index in [1.54, 1.807) is 13.0 Å². The first kappa shape index (κ1) is 16.2. The maximum absolute atomic E-state index is 11.9. The van der Waals surface area contributed by atoms with E-state index in [2.05, 4.69) is 5.32 Å². The predicted molar refractivity (Wildman–Crippen MR) is 81.6 cm³/mol. The molecule has 6 nitrogen and oxygen atoms in total. The summed E-state index contributed by atoms with van der Waals surface area (Å²) < 4.78 is 15.9. The Morgan fingerprint density at radius 3 is 2.95 bits per heavy atom. The normalized spacial score (nSPS) is 13.8. The molecular formula is C16H21NO5. The van der Waals surface area contributed by atoms with Crippen LogP contribution in [0.4, 0.5) is 5.69 Å². The highest BCUT2D eigenvalue weighted by molar-refractivity contribution is 5.90. The van der Waals surface area contributed by atoms with Crippen molar-refractivity contribution in [3.8, 4) is 5.75 Å². The molecule has 22 heavy (non-hydrogen) atoms. The van der Waals surface area contributed by atoms with Gasteiger partial charge in [0.05, 0.1) is 19.8 Å². The third-order valence-corrected chi connectivity index (χ3v) is 3.20. The zero-order chi connectivity index (χ0) is 15.9. The Kier molecular flexibility index (Phi) is 5.66. The number of aliphatic hydroxyl groups is 1. The Balaban J connectivity index is 2.12. The lowest BCUT2D eigenvalue weighted by atomic mass is 10.2. The molecule has 0 bridgehead atoms. The Hall–Kier alpha value is -2.21. The predicted octanol–water partition coefficient (Wildman–Crippen LogP) is 1.97. The second kappa shape index (κ2) is 7.70. The highest BCUT2D eigenvalue weighted by Crippen LogP contribution is 2.27. The van der Waals surface area contributed by atoms with Gasteiger partial charge in [0, 0.05) is 12.1 Å². The molecule has 0 saturated carbocycles. The first-order valence-electron chi connectivity index (χ1n) is 7.30. The van der Waals surface area contributed by atoms with Crippen molar-refractivity contribution in [1.29, 1.82) is 0 Å². The molecule has 0 radical (unpaired) electrons. The molecule has 1 aromatic rings. The summed E-state index contributed by atoms with van der Waals surface area (Å²) >= 11 is 0. The van der Waals surface area contributed by atoms with Crippen molar-refractivity contribution in [3.63, 3.8) is 0 Å². The summed E-state index contributed by atoms with van der Waals surface area (Å²) in [6, 6.07) is 5.50. The molecule has 0 fully saturated rings. The average molecular weight is 307 g/mol. The molecule has 0 amide bonds. The van der Waals surface area contributed by atoms with Gasteiger partial charge in [-0.3, -0.25) is 0 Å². The minimum absolute atomic E-state index is 0.0251. The minimum atomic E-state index is -0.344. The van der Waals surface area contributed by atoms with Gasteiger partial charge in [0.1, 0.15) is 17.9 Å². The molecule has 2 N–H and O–H groups in total. The smallest absolute Gasteiger partial charge is 0.339 e. The summed E-state index contributed by atoms with van der Waals surface area (Å²) in [5.74, 6) is 0.790. The zero-order valence-corrected chi connectivity index (χ0v) is 12.8. The van der Waals surface area contributed by atoms with Gasteiger partial charge in [-0.05, 0) is 37.6 Å².